The molecule has 2 heterocycles. The molecule has 2 rings (SSSR count). The van der Waals surface area contributed by atoms with Crippen LogP contribution in [0.4, 0.5) is 0 Å². The number of hydrogen-bond acceptors (Lipinski definition) is 6. The zero-order valence-electron chi connectivity index (χ0n) is 17.1. The van der Waals surface area contributed by atoms with Crippen molar-refractivity contribution in [2.24, 2.45) is 0 Å². The third kappa shape index (κ3) is 4.87. The Bertz CT molecular complexity index is 704. The standard InChI is InChI=1S/C19H32N4OS/c1-12(13-20-14(23-25-13)17(2,3)4)10-11-19(8,9)15-21-16(24-22-15)18(5,6)7/h12H,10-11H2,1-9H3. The van der Waals surface area contributed by atoms with E-state index in [-0.39, 0.29) is 16.2 Å². The summed E-state index contributed by atoms with van der Waals surface area (Å²) in [5.41, 5.74) is -0.245. The van der Waals surface area contributed by atoms with E-state index in [4.69, 9.17) is 9.51 Å². The van der Waals surface area contributed by atoms with E-state index in [0.717, 1.165) is 29.5 Å². The normalized spacial score (nSPS) is 14.8. The summed E-state index contributed by atoms with van der Waals surface area (Å²) in [6.07, 6.45) is 1.99. The van der Waals surface area contributed by atoms with E-state index in [0.29, 0.717) is 11.8 Å². The number of hydrogen-bond donors (Lipinski definition) is 0. The van der Waals surface area contributed by atoms with E-state index in [1.54, 1.807) is 0 Å². The number of nitrogens with zero attached hydrogens (tertiary/aromatic N) is 4. The molecule has 0 aromatic carbocycles. The lowest BCUT2D eigenvalue weighted by Crippen LogP contribution is -2.21. The fourth-order valence-electron chi connectivity index (χ4n) is 2.36. The van der Waals surface area contributed by atoms with E-state index >= 15 is 0 Å². The van der Waals surface area contributed by atoms with E-state index < -0.39 is 0 Å². The molecule has 0 fully saturated rings. The molecule has 1 atom stereocenters. The van der Waals surface area contributed by atoms with Gasteiger partial charge < -0.3 is 4.52 Å². The minimum absolute atomic E-state index is 0.00172. The average molecular weight is 365 g/mol. The van der Waals surface area contributed by atoms with Crippen LogP contribution in [0, 0.1) is 0 Å². The van der Waals surface area contributed by atoms with Gasteiger partial charge in [-0.25, -0.2) is 4.98 Å². The van der Waals surface area contributed by atoms with Gasteiger partial charge in [0, 0.05) is 22.2 Å². The monoisotopic (exact) mass is 364 g/mol. The predicted octanol–water partition coefficient (Wildman–Crippen LogP) is 5.38. The van der Waals surface area contributed by atoms with Crippen LogP contribution in [0.25, 0.3) is 0 Å². The Morgan fingerprint density at radius 1 is 0.920 bits per heavy atom. The Balaban J connectivity index is 2.04. The summed E-state index contributed by atoms with van der Waals surface area (Å²) in [4.78, 5) is 9.39. The minimum atomic E-state index is -0.126. The van der Waals surface area contributed by atoms with E-state index in [1.165, 1.54) is 11.5 Å². The maximum absolute atomic E-state index is 5.47. The topological polar surface area (TPSA) is 64.7 Å². The Morgan fingerprint density at radius 2 is 1.56 bits per heavy atom. The molecule has 0 saturated heterocycles. The van der Waals surface area contributed by atoms with Gasteiger partial charge in [0.25, 0.3) is 0 Å². The summed E-state index contributed by atoms with van der Waals surface area (Å²) in [5, 5.41) is 5.34. The molecule has 0 bridgehead atoms. The summed E-state index contributed by atoms with van der Waals surface area (Å²) in [6, 6.07) is 0. The van der Waals surface area contributed by atoms with Gasteiger partial charge in [-0.05, 0) is 24.4 Å². The van der Waals surface area contributed by atoms with Crippen molar-refractivity contribution in [3.8, 4) is 0 Å². The second-order valence-corrected chi connectivity index (χ2v) is 10.5. The van der Waals surface area contributed by atoms with E-state index in [1.807, 2.05) is 0 Å². The molecule has 6 heteroatoms. The molecule has 5 nitrogen and oxygen atoms in total. The van der Waals surface area contributed by atoms with Gasteiger partial charge in [0.05, 0.1) is 0 Å². The lowest BCUT2D eigenvalue weighted by Gasteiger charge is -2.22. The third-order valence-corrected chi connectivity index (χ3v) is 5.35. The molecular weight excluding hydrogens is 332 g/mol. The largest absolute Gasteiger partial charge is 0.339 e. The summed E-state index contributed by atoms with van der Waals surface area (Å²) >= 11 is 1.53. The van der Waals surface area contributed by atoms with Gasteiger partial charge in [0.15, 0.2) is 5.82 Å². The van der Waals surface area contributed by atoms with Crippen molar-refractivity contribution in [3.63, 3.8) is 0 Å². The summed E-state index contributed by atoms with van der Waals surface area (Å²) < 4.78 is 10.00. The molecule has 140 valence electrons. The quantitative estimate of drug-likeness (QED) is 0.713. The molecular formula is C19H32N4OS. The van der Waals surface area contributed by atoms with Crippen molar-refractivity contribution in [1.29, 1.82) is 0 Å². The first-order chi connectivity index (χ1) is 11.3. The van der Waals surface area contributed by atoms with Crippen molar-refractivity contribution >= 4 is 11.5 Å². The van der Waals surface area contributed by atoms with Crippen molar-refractivity contribution in [2.45, 2.75) is 97.3 Å². The van der Waals surface area contributed by atoms with Crippen LogP contribution in [0.2, 0.25) is 0 Å². The molecule has 0 spiro atoms. The van der Waals surface area contributed by atoms with Gasteiger partial charge in [0.1, 0.15) is 10.8 Å². The highest BCUT2D eigenvalue weighted by Gasteiger charge is 2.31. The second-order valence-electron chi connectivity index (χ2n) is 9.70. The predicted molar refractivity (Wildman–Crippen MR) is 102 cm³/mol. The van der Waals surface area contributed by atoms with E-state index in [9.17, 15) is 0 Å². The maximum Gasteiger partial charge on any atom is 0.232 e. The molecule has 0 radical (unpaired) electrons. The maximum atomic E-state index is 5.47. The summed E-state index contributed by atoms with van der Waals surface area (Å²) in [5.74, 6) is 2.80. The molecule has 2 aromatic heterocycles. The van der Waals surface area contributed by atoms with Gasteiger partial charge in [-0.15, -0.1) is 0 Å². The van der Waals surface area contributed by atoms with Crippen LogP contribution in [0.15, 0.2) is 4.52 Å². The average Bonchev–Trinajstić information content (AvgIpc) is 3.12. The SMILES string of the molecule is CC(CCC(C)(C)c1noc(C(C)(C)C)n1)c1nc(C(C)(C)C)ns1. The van der Waals surface area contributed by atoms with Crippen molar-refractivity contribution < 1.29 is 4.52 Å². The van der Waals surface area contributed by atoms with Crippen LogP contribution in [-0.4, -0.2) is 19.5 Å². The number of aromatic nitrogens is 4. The molecule has 0 aliphatic carbocycles. The van der Waals surface area contributed by atoms with Gasteiger partial charge in [-0.2, -0.15) is 9.36 Å². The first-order valence-corrected chi connectivity index (χ1v) is 9.77. The van der Waals surface area contributed by atoms with Gasteiger partial charge in [-0.3, -0.25) is 0 Å². The summed E-state index contributed by atoms with van der Waals surface area (Å²) in [7, 11) is 0. The van der Waals surface area contributed by atoms with Crippen molar-refractivity contribution in [1.82, 2.24) is 19.5 Å². The molecule has 0 aliphatic rings. The molecule has 0 N–H and O–H groups in total. The zero-order chi connectivity index (χ0) is 19.0. The Hall–Kier alpha value is -1.30. The second kappa shape index (κ2) is 6.78. The van der Waals surface area contributed by atoms with Crippen LogP contribution in [0.5, 0.6) is 0 Å². The fourth-order valence-corrected chi connectivity index (χ4v) is 3.28. The lowest BCUT2D eigenvalue weighted by molar-refractivity contribution is 0.310. The van der Waals surface area contributed by atoms with Crippen LogP contribution in [-0.2, 0) is 16.2 Å². The highest BCUT2D eigenvalue weighted by atomic mass is 32.1. The molecule has 2 aromatic rings. The third-order valence-electron chi connectivity index (χ3n) is 4.41. The van der Waals surface area contributed by atoms with Crippen LogP contribution >= 0.6 is 11.5 Å². The highest BCUT2D eigenvalue weighted by Crippen LogP contribution is 2.33. The molecule has 0 aliphatic heterocycles. The first-order valence-electron chi connectivity index (χ1n) is 8.99. The minimum Gasteiger partial charge on any atom is -0.339 e. The van der Waals surface area contributed by atoms with Gasteiger partial charge >= 0.3 is 0 Å². The molecule has 0 saturated carbocycles. The molecule has 0 amide bonds. The molecule has 25 heavy (non-hydrogen) atoms. The Morgan fingerprint density at radius 3 is 2.04 bits per heavy atom. The van der Waals surface area contributed by atoms with Crippen molar-refractivity contribution in [3.05, 3.63) is 22.5 Å². The van der Waals surface area contributed by atoms with Crippen LogP contribution in [0.1, 0.15) is 104 Å². The zero-order valence-corrected chi connectivity index (χ0v) is 17.9. The first kappa shape index (κ1) is 20.0. The molecule has 1 unspecified atom stereocenters. The number of rotatable bonds is 5. The van der Waals surface area contributed by atoms with Gasteiger partial charge in [0.2, 0.25) is 5.89 Å². The Labute approximate surface area is 155 Å². The highest BCUT2D eigenvalue weighted by molar-refractivity contribution is 7.05. The van der Waals surface area contributed by atoms with Crippen molar-refractivity contribution in [2.75, 3.05) is 0 Å². The lowest BCUT2D eigenvalue weighted by atomic mass is 9.84. The fraction of sp³-hybridized carbons (Fsp3) is 0.789. The van der Waals surface area contributed by atoms with Gasteiger partial charge in [-0.1, -0.05) is 67.5 Å². The van der Waals surface area contributed by atoms with Crippen LogP contribution in [0.3, 0.4) is 0 Å². The van der Waals surface area contributed by atoms with Crippen LogP contribution < -0.4 is 0 Å². The van der Waals surface area contributed by atoms with E-state index in [2.05, 4.69) is 76.8 Å². The summed E-state index contributed by atoms with van der Waals surface area (Å²) in [6.45, 7) is 19.3. The smallest absolute Gasteiger partial charge is 0.232 e. The Kier molecular flexibility index (Phi) is 5.43.